The van der Waals surface area contributed by atoms with Crippen molar-refractivity contribution >= 4 is 52.9 Å². The molecule has 0 N–H and O–H groups in total. The van der Waals surface area contributed by atoms with Crippen molar-refractivity contribution in [2.24, 2.45) is 0 Å². The molecule has 9 heteroatoms. The molecule has 1 aliphatic rings. The molecule has 1 unspecified atom stereocenters. The van der Waals surface area contributed by atoms with Crippen molar-refractivity contribution < 1.29 is 28.6 Å². The van der Waals surface area contributed by atoms with Crippen LogP contribution in [0.1, 0.15) is 34.1 Å². The Hall–Kier alpha value is -2.22. The van der Waals surface area contributed by atoms with Crippen LogP contribution in [0.15, 0.2) is 48.5 Å². The van der Waals surface area contributed by atoms with Gasteiger partial charge >= 0.3 is 17.9 Å². The average molecular weight is 469 g/mol. The Morgan fingerprint density at radius 2 is 1.43 bits per heavy atom. The SMILES string of the molecule is CC(=O)OC1C[C@@H](OC(=O)c2ccc(Cl)cc2)[C@@H](COC(=O)c2ccc(Cl)cc2)S1. The lowest BCUT2D eigenvalue weighted by atomic mass is 10.2. The van der Waals surface area contributed by atoms with E-state index < -0.39 is 29.4 Å². The molecule has 2 aromatic carbocycles. The number of carbonyl (C=O) groups is 3. The van der Waals surface area contributed by atoms with Crippen LogP contribution in [0.4, 0.5) is 0 Å². The Morgan fingerprint density at radius 1 is 0.900 bits per heavy atom. The third-order valence-electron chi connectivity index (χ3n) is 4.26. The van der Waals surface area contributed by atoms with Gasteiger partial charge in [0.15, 0.2) is 5.44 Å². The van der Waals surface area contributed by atoms with Gasteiger partial charge in [-0.05, 0) is 48.5 Å². The number of halogens is 2. The minimum Gasteiger partial charge on any atom is -0.461 e. The van der Waals surface area contributed by atoms with Crippen molar-refractivity contribution in [3.63, 3.8) is 0 Å². The van der Waals surface area contributed by atoms with Crippen molar-refractivity contribution in [3.8, 4) is 0 Å². The molecular weight excluding hydrogens is 451 g/mol. The number of benzene rings is 2. The van der Waals surface area contributed by atoms with E-state index in [0.29, 0.717) is 27.6 Å². The zero-order valence-electron chi connectivity index (χ0n) is 15.9. The fourth-order valence-electron chi connectivity index (χ4n) is 2.83. The second-order valence-corrected chi connectivity index (χ2v) is 8.78. The summed E-state index contributed by atoms with van der Waals surface area (Å²) in [7, 11) is 0. The normalized spacial score (nSPS) is 20.4. The maximum atomic E-state index is 12.5. The van der Waals surface area contributed by atoms with Crippen molar-refractivity contribution in [3.05, 3.63) is 69.7 Å². The molecule has 1 heterocycles. The molecule has 1 fully saturated rings. The lowest BCUT2D eigenvalue weighted by molar-refractivity contribution is -0.142. The van der Waals surface area contributed by atoms with Crippen LogP contribution in [0.5, 0.6) is 0 Å². The van der Waals surface area contributed by atoms with Crippen LogP contribution in [-0.2, 0) is 19.0 Å². The maximum absolute atomic E-state index is 12.5. The first kappa shape index (κ1) is 22.5. The monoisotopic (exact) mass is 468 g/mol. The van der Waals surface area contributed by atoms with Crippen LogP contribution in [0.2, 0.25) is 10.0 Å². The van der Waals surface area contributed by atoms with E-state index in [1.54, 1.807) is 48.5 Å². The van der Waals surface area contributed by atoms with Gasteiger partial charge in [0.2, 0.25) is 0 Å². The Bertz CT molecular complexity index is 916. The summed E-state index contributed by atoms with van der Waals surface area (Å²) in [6.07, 6.45) is -0.298. The van der Waals surface area contributed by atoms with Crippen LogP contribution in [0, 0.1) is 0 Å². The number of rotatable bonds is 6. The van der Waals surface area contributed by atoms with E-state index in [1.807, 2.05) is 0 Å². The number of ether oxygens (including phenoxy) is 3. The van der Waals surface area contributed by atoms with Crippen LogP contribution in [0.3, 0.4) is 0 Å². The summed E-state index contributed by atoms with van der Waals surface area (Å²) in [5.41, 5.74) is 0.204. The molecule has 0 saturated carbocycles. The summed E-state index contributed by atoms with van der Waals surface area (Å²) in [4.78, 5) is 36.1. The molecule has 3 atom stereocenters. The lowest BCUT2D eigenvalue weighted by Gasteiger charge is -2.19. The number of hydrogen-bond acceptors (Lipinski definition) is 7. The standard InChI is InChI=1S/C21H18Cl2O6S/c1-12(24)28-19-10-17(29-21(26)14-4-8-16(23)9-5-14)18(30-19)11-27-20(25)13-2-6-15(22)7-3-13/h2-9,17-19H,10-11H2,1H3/t17-,18-,19?/m1/s1. The molecule has 0 spiro atoms. The molecule has 158 valence electrons. The van der Waals surface area contributed by atoms with Crippen LogP contribution in [-0.4, -0.2) is 41.3 Å². The second-order valence-electron chi connectivity index (χ2n) is 6.51. The highest BCUT2D eigenvalue weighted by molar-refractivity contribution is 8.00. The molecule has 1 saturated heterocycles. The van der Waals surface area contributed by atoms with Gasteiger partial charge in [0.1, 0.15) is 12.7 Å². The Labute approximate surface area is 187 Å². The van der Waals surface area contributed by atoms with Crippen LogP contribution >= 0.6 is 35.0 Å². The maximum Gasteiger partial charge on any atom is 0.338 e. The van der Waals surface area contributed by atoms with E-state index in [-0.39, 0.29) is 11.9 Å². The summed E-state index contributed by atoms with van der Waals surface area (Å²) >= 11 is 13.0. The van der Waals surface area contributed by atoms with Gasteiger partial charge in [-0.3, -0.25) is 4.79 Å². The third kappa shape index (κ3) is 6.14. The highest BCUT2D eigenvalue weighted by atomic mass is 35.5. The predicted molar refractivity (Wildman–Crippen MR) is 114 cm³/mol. The van der Waals surface area contributed by atoms with E-state index in [0.717, 1.165) is 0 Å². The van der Waals surface area contributed by atoms with Crippen LogP contribution in [0.25, 0.3) is 0 Å². The van der Waals surface area contributed by atoms with Gasteiger partial charge in [0.25, 0.3) is 0 Å². The number of carbonyl (C=O) groups excluding carboxylic acids is 3. The summed E-state index contributed by atoms with van der Waals surface area (Å²) in [5.74, 6) is -1.49. The van der Waals surface area contributed by atoms with E-state index >= 15 is 0 Å². The smallest absolute Gasteiger partial charge is 0.338 e. The van der Waals surface area contributed by atoms with E-state index in [2.05, 4.69) is 0 Å². The summed E-state index contributed by atoms with van der Waals surface area (Å²) in [6.45, 7) is 1.30. The first-order valence-electron chi connectivity index (χ1n) is 9.04. The van der Waals surface area contributed by atoms with Gasteiger partial charge in [-0.2, -0.15) is 0 Å². The van der Waals surface area contributed by atoms with Gasteiger partial charge in [0.05, 0.1) is 16.4 Å². The van der Waals surface area contributed by atoms with E-state index in [4.69, 9.17) is 37.4 Å². The van der Waals surface area contributed by atoms with Gasteiger partial charge < -0.3 is 14.2 Å². The topological polar surface area (TPSA) is 78.9 Å². The summed E-state index contributed by atoms with van der Waals surface area (Å²) < 4.78 is 16.2. The van der Waals surface area contributed by atoms with Crippen molar-refractivity contribution in [1.82, 2.24) is 0 Å². The molecule has 2 aromatic rings. The molecular formula is C21H18Cl2O6S. The zero-order chi connectivity index (χ0) is 21.7. The van der Waals surface area contributed by atoms with Crippen molar-refractivity contribution in [2.45, 2.75) is 30.1 Å². The predicted octanol–water partition coefficient (Wildman–Crippen LogP) is 4.77. The fraction of sp³-hybridized carbons (Fsp3) is 0.286. The van der Waals surface area contributed by atoms with Gasteiger partial charge in [-0.15, -0.1) is 11.8 Å². The quantitative estimate of drug-likeness (QED) is 0.446. The largest absolute Gasteiger partial charge is 0.461 e. The molecule has 0 aliphatic carbocycles. The zero-order valence-corrected chi connectivity index (χ0v) is 18.2. The van der Waals surface area contributed by atoms with Crippen LogP contribution < -0.4 is 0 Å². The van der Waals surface area contributed by atoms with E-state index in [1.165, 1.54) is 18.7 Å². The Morgan fingerprint density at radius 3 is 1.97 bits per heavy atom. The summed E-state index contributed by atoms with van der Waals surface area (Å²) in [5, 5.41) is 0.628. The molecule has 3 rings (SSSR count). The number of esters is 3. The van der Waals surface area contributed by atoms with Gasteiger partial charge in [-0.1, -0.05) is 23.2 Å². The third-order valence-corrected chi connectivity index (χ3v) is 6.15. The number of thioether (sulfide) groups is 1. The van der Waals surface area contributed by atoms with Crippen molar-refractivity contribution in [1.29, 1.82) is 0 Å². The molecule has 6 nitrogen and oxygen atoms in total. The highest BCUT2D eigenvalue weighted by Gasteiger charge is 2.40. The van der Waals surface area contributed by atoms with E-state index in [9.17, 15) is 14.4 Å². The molecule has 0 amide bonds. The lowest BCUT2D eigenvalue weighted by Crippen LogP contribution is -2.29. The number of hydrogen-bond donors (Lipinski definition) is 0. The highest BCUT2D eigenvalue weighted by Crippen LogP contribution is 2.37. The molecule has 0 radical (unpaired) electrons. The Balaban J connectivity index is 1.65. The van der Waals surface area contributed by atoms with Gasteiger partial charge in [0, 0.05) is 23.4 Å². The van der Waals surface area contributed by atoms with Gasteiger partial charge in [-0.25, -0.2) is 9.59 Å². The Kier molecular flexibility index (Phi) is 7.64. The first-order valence-corrected chi connectivity index (χ1v) is 10.7. The first-order chi connectivity index (χ1) is 14.3. The molecule has 0 bridgehead atoms. The minimum absolute atomic E-state index is 0.0115. The molecule has 30 heavy (non-hydrogen) atoms. The fourth-order valence-corrected chi connectivity index (χ4v) is 4.45. The molecule has 1 aliphatic heterocycles. The summed E-state index contributed by atoms with van der Waals surface area (Å²) in [6, 6.07) is 12.6. The molecule has 0 aromatic heterocycles. The second kappa shape index (κ2) is 10.2. The minimum atomic E-state index is -0.597. The average Bonchev–Trinajstić information content (AvgIpc) is 3.07. The van der Waals surface area contributed by atoms with Crippen molar-refractivity contribution in [2.75, 3.05) is 6.61 Å².